The minimum atomic E-state index is -1.30. The zero-order valence-corrected chi connectivity index (χ0v) is 20.4. The van der Waals surface area contributed by atoms with E-state index in [4.69, 9.17) is 37.8 Å². The van der Waals surface area contributed by atoms with E-state index in [1.807, 2.05) is 6.92 Å². The third kappa shape index (κ3) is 5.85. The molecule has 3 aromatic rings. The molecular formula is C23H19Cl2FN2O5S. The number of carbonyl (C=O) groups is 2. The van der Waals surface area contributed by atoms with Crippen molar-refractivity contribution in [3.05, 3.63) is 68.5 Å². The van der Waals surface area contributed by atoms with Gasteiger partial charge in [0.1, 0.15) is 0 Å². The van der Waals surface area contributed by atoms with Crippen molar-refractivity contribution in [2.45, 2.75) is 13.3 Å². The summed E-state index contributed by atoms with van der Waals surface area (Å²) < 4.78 is 25.0. The van der Waals surface area contributed by atoms with Gasteiger partial charge in [-0.15, -0.1) is 11.3 Å². The molecule has 0 saturated carbocycles. The van der Waals surface area contributed by atoms with Crippen molar-refractivity contribution in [2.24, 2.45) is 0 Å². The van der Waals surface area contributed by atoms with Crippen molar-refractivity contribution < 1.29 is 28.6 Å². The molecule has 0 atom stereocenters. The van der Waals surface area contributed by atoms with Crippen molar-refractivity contribution in [1.82, 2.24) is 4.98 Å². The molecule has 3 rings (SSSR count). The van der Waals surface area contributed by atoms with Gasteiger partial charge in [-0.1, -0.05) is 36.2 Å². The monoisotopic (exact) mass is 524 g/mol. The number of aliphatic carboxylic acids is 1. The van der Waals surface area contributed by atoms with E-state index in [1.54, 1.807) is 23.6 Å². The zero-order chi connectivity index (χ0) is 24.8. The molecule has 1 amide bonds. The molecule has 11 heteroatoms. The summed E-state index contributed by atoms with van der Waals surface area (Å²) in [4.78, 5) is 28.2. The van der Waals surface area contributed by atoms with Gasteiger partial charge in [0.25, 0.3) is 5.91 Å². The number of thiazole rings is 1. The second-order valence-electron chi connectivity index (χ2n) is 6.83. The predicted octanol–water partition coefficient (Wildman–Crippen LogP) is 6.37. The van der Waals surface area contributed by atoms with Crippen LogP contribution < -0.4 is 10.1 Å². The van der Waals surface area contributed by atoms with Gasteiger partial charge in [0.2, 0.25) is 5.76 Å². The van der Waals surface area contributed by atoms with Gasteiger partial charge < -0.3 is 14.6 Å². The highest BCUT2D eigenvalue weighted by atomic mass is 35.5. The van der Waals surface area contributed by atoms with Crippen LogP contribution in [0.1, 0.15) is 29.3 Å². The first-order valence-corrected chi connectivity index (χ1v) is 11.5. The summed E-state index contributed by atoms with van der Waals surface area (Å²) in [6.07, 6.45) is 1.91. The topological polar surface area (TPSA) is 97.8 Å². The number of hydrogen-bond acceptors (Lipinski definition) is 6. The van der Waals surface area contributed by atoms with Gasteiger partial charge >= 0.3 is 5.97 Å². The molecule has 178 valence electrons. The summed E-state index contributed by atoms with van der Waals surface area (Å²) >= 11 is 13.6. The van der Waals surface area contributed by atoms with Crippen molar-refractivity contribution in [3.8, 4) is 17.0 Å². The second-order valence-corrected chi connectivity index (χ2v) is 8.50. The van der Waals surface area contributed by atoms with E-state index in [1.165, 1.54) is 19.2 Å². The highest BCUT2D eigenvalue weighted by Crippen LogP contribution is 2.33. The molecule has 0 aliphatic carbocycles. The molecule has 1 aromatic heterocycles. The molecule has 0 bridgehead atoms. The maximum absolute atomic E-state index is 14.8. The van der Waals surface area contributed by atoms with Crippen LogP contribution in [0.2, 0.25) is 10.0 Å². The molecule has 0 aliphatic heterocycles. The van der Waals surface area contributed by atoms with Crippen LogP contribution >= 0.6 is 34.5 Å². The number of halogens is 3. The molecule has 2 N–H and O–H groups in total. The van der Waals surface area contributed by atoms with E-state index in [9.17, 15) is 14.0 Å². The number of nitrogens with zero attached hydrogens (tertiary/aromatic N) is 1. The first kappa shape index (κ1) is 25.5. The summed E-state index contributed by atoms with van der Waals surface area (Å²) in [6.45, 7) is 2.32. The Bertz CT molecular complexity index is 1240. The SMILES string of the molecule is CCCOc1cccc(-c2csc(NC(=O)c3cc(Cl)c(/C=C(/OC)C(=O)O)c(Cl)c3)n2)c1F. The number of nitrogens with one attached hydrogen (secondary N) is 1. The number of carboxylic acids is 1. The van der Waals surface area contributed by atoms with E-state index in [0.717, 1.165) is 23.8 Å². The second kappa shape index (κ2) is 11.3. The molecule has 0 radical (unpaired) electrons. The van der Waals surface area contributed by atoms with Gasteiger partial charge in [-0.05, 0) is 36.8 Å². The Labute approximate surface area is 208 Å². The lowest BCUT2D eigenvalue weighted by molar-refractivity contribution is -0.135. The fourth-order valence-corrected chi connectivity index (χ4v) is 4.15. The first-order valence-electron chi connectivity index (χ1n) is 9.91. The van der Waals surface area contributed by atoms with Crippen LogP contribution in [0, 0.1) is 5.82 Å². The van der Waals surface area contributed by atoms with Crippen LogP contribution in [0.5, 0.6) is 5.75 Å². The number of carbonyl (C=O) groups excluding carboxylic acids is 1. The van der Waals surface area contributed by atoms with Gasteiger partial charge in [-0.3, -0.25) is 10.1 Å². The summed E-state index contributed by atoms with van der Waals surface area (Å²) in [6, 6.07) is 7.47. The van der Waals surface area contributed by atoms with Gasteiger partial charge in [0, 0.05) is 22.1 Å². The zero-order valence-electron chi connectivity index (χ0n) is 18.0. The molecule has 34 heavy (non-hydrogen) atoms. The molecule has 0 spiro atoms. The Morgan fingerprint density at radius 2 is 1.97 bits per heavy atom. The Morgan fingerprint density at radius 1 is 1.26 bits per heavy atom. The van der Waals surface area contributed by atoms with E-state index in [-0.39, 0.29) is 43.4 Å². The van der Waals surface area contributed by atoms with Gasteiger partial charge in [0.05, 0.1) is 29.5 Å². The highest BCUT2D eigenvalue weighted by molar-refractivity contribution is 7.14. The number of amides is 1. The molecule has 1 heterocycles. The number of aromatic nitrogens is 1. The molecule has 0 fully saturated rings. The Balaban J connectivity index is 1.81. The summed E-state index contributed by atoms with van der Waals surface area (Å²) in [5, 5.41) is 13.7. The van der Waals surface area contributed by atoms with E-state index >= 15 is 0 Å². The Kier molecular flexibility index (Phi) is 8.49. The number of methoxy groups -OCH3 is 1. The number of ether oxygens (including phenoxy) is 2. The van der Waals surface area contributed by atoms with Crippen LogP contribution in [0.15, 0.2) is 41.5 Å². The maximum Gasteiger partial charge on any atom is 0.371 e. The average molecular weight is 525 g/mol. The third-order valence-electron chi connectivity index (χ3n) is 4.47. The lowest BCUT2D eigenvalue weighted by atomic mass is 10.1. The molecule has 0 aliphatic rings. The van der Waals surface area contributed by atoms with Crippen molar-refractivity contribution in [3.63, 3.8) is 0 Å². The number of anilines is 1. The number of carboxylic acid groups (broad SMARTS) is 1. The van der Waals surface area contributed by atoms with Gasteiger partial charge in [-0.2, -0.15) is 0 Å². The lowest BCUT2D eigenvalue weighted by Gasteiger charge is -2.09. The number of benzene rings is 2. The van der Waals surface area contributed by atoms with Crippen molar-refractivity contribution in [1.29, 1.82) is 0 Å². The summed E-state index contributed by atoms with van der Waals surface area (Å²) in [5.74, 6) is -2.61. The summed E-state index contributed by atoms with van der Waals surface area (Å²) in [7, 11) is 1.20. The van der Waals surface area contributed by atoms with Gasteiger partial charge in [-0.25, -0.2) is 14.2 Å². The van der Waals surface area contributed by atoms with E-state index < -0.39 is 17.7 Å². The smallest absolute Gasteiger partial charge is 0.371 e. The molecule has 2 aromatic carbocycles. The molecular weight excluding hydrogens is 506 g/mol. The standard InChI is InChI=1S/C23H19Cl2FN2O5S/c1-3-7-33-18-6-4-5-13(20(18)26)17-11-34-23(27-17)28-21(29)12-8-15(24)14(16(25)9-12)10-19(32-2)22(30)31/h4-6,8-11H,3,7H2,1-2H3,(H,30,31)(H,27,28,29)/b19-10+. The Hall–Kier alpha value is -3.14. The molecule has 7 nitrogen and oxygen atoms in total. The fourth-order valence-electron chi connectivity index (χ4n) is 2.85. The van der Waals surface area contributed by atoms with Crippen LogP contribution in [-0.2, 0) is 9.53 Å². The van der Waals surface area contributed by atoms with E-state index in [2.05, 4.69) is 10.3 Å². The number of hydrogen-bond donors (Lipinski definition) is 2. The van der Waals surface area contributed by atoms with Crippen LogP contribution in [-0.4, -0.2) is 35.7 Å². The van der Waals surface area contributed by atoms with Crippen molar-refractivity contribution >= 4 is 57.6 Å². The van der Waals surface area contributed by atoms with Crippen LogP contribution in [0.3, 0.4) is 0 Å². The van der Waals surface area contributed by atoms with E-state index in [0.29, 0.717) is 12.3 Å². The Morgan fingerprint density at radius 3 is 2.59 bits per heavy atom. The quantitative estimate of drug-likeness (QED) is 0.249. The van der Waals surface area contributed by atoms with Crippen LogP contribution in [0.25, 0.3) is 17.3 Å². The largest absolute Gasteiger partial charge is 0.491 e. The lowest BCUT2D eigenvalue weighted by Crippen LogP contribution is -2.12. The summed E-state index contributed by atoms with van der Waals surface area (Å²) in [5.41, 5.74) is 0.910. The predicted molar refractivity (Wildman–Crippen MR) is 130 cm³/mol. The maximum atomic E-state index is 14.8. The van der Waals surface area contributed by atoms with Crippen molar-refractivity contribution in [2.75, 3.05) is 19.0 Å². The minimum Gasteiger partial charge on any atom is -0.491 e. The van der Waals surface area contributed by atoms with Gasteiger partial charge in [0.15, 0.2) is 16.7 Å². The first-order chi connectivity index (χ1) is 16.2. The highest BCUT2D eigenvalue weighted by Gasteiger charge is 2.18. The fraction of sp³-hybridized carbons (Fsp3) is 0.174. The third-order valence-corrected chi connectivity index (χ3v) is 5.86. The average Bonchev–Trinajstić information content (AvgIpc) is 3.25. The molecule has 0 saturated heterocycles. The minimum absolute atomic E-state index is 0.0549. The van der Waals surface area contributed by atoms with Crippen LogP contribution in [0.4, 0.5) is 9.52 Å². The number of rotatable bonds is 9. The normalized spacial score (nSPS) is 11.3. The molecule has 0 unspecified atom stereocenters.